The van der Waals surface area contributed by atoms with Gasteiger partial charge in [0.25, 0.3) is 0 Å². The molecule has 20 heavy (non-hydrogen) atoms. The smallest absolute Gasteiger partial charge is 0.162 e. The second kappa shape index (κ2) is 5.98. The summed E-state index contributed by atoms with van der Waals surface area (Å²) < 4.78 is 5.08. The minimum atomic E-state index is 0.136. The minimum absolute atomic E-state index is 0.136. The van der Waals surface area contributed by atoms with E-state index in [0.717, 1.165) is 16.8 Å². The van der Waals surface area contributed by atoms with E-state index in [4.69, 9.17) is 10.00 Å². The quantitative estimate of drug-likeness (QED) is 0.893. The number of para-hydroxylation sites is 1. The number of methoxy groups -OCH3 is 1. The summed E-state index contributed by atoms with van der Waals surface area (Å²) in [5, 5.41) is 22.2. The van der Waals surface area contributed by atoms with Gasteiger partial charge in [0.15, 0.2) is 11.5 Å². The third kappa shape index (κ3) is 2.83. The number of anilines is 1. The van der Waals surface area contributed by atoms with Gasteiger partial charge in [-0.05, 0) is 30.7 Å². The third-order valence-corrected chi connectivity index (χ3v) is 3.14. The lowest BCUT2D eigenvalue weighted by atomic mass is 10.1. The van der Waals surface area contributed by atoms with Gasteiger partial charge < -0.3 is 15.2 Å². The van der Waals surface area contributed by atoms with Gasteiger partial charge in [-0.15, -0.1) is 0 Å². The van der Waals surface area contributed by atoms with Crippen molar-refractivity contribution in [1.82, 2.24) is 0 Å². The molecule has 0 aromatic heterocycles. The Labute approximate surface area is 118 Å². The number of phenolic OH excluding ortho intramolecular Hbond substituents is 1. The zero-order valence-electron chi connectivity index (χ0n) is 11.5. The van der Waals surface area contributed by atoms with Gasteiger partial charge in [0.1, 0.15) is 0 Å². The van der Waals surface area contributed by atoms with Crippen LogP contribution in [0.5, 0.6) is 11.5 Å². The number of hydrogen-bond acceptors (Lipinski definition) is 4. The van der Waals surface area contributed by atoms with Crippen LogP contribution in [0.15, 0.2) is 36.4 Å². The Morgan fingerprint density at radius 2 is 2.10 bits per heavy atom. The van der Waals surface area contributed by atoms with Gasteiger partial charge in [-0.2, -0.15) is 5.26 Å². The molecule has 0 aliphatic heterocycles. The number of nitriles is 1. The van der Waals surface area contributed by atoms with E-state index in [9.17, 15) is 5.11 Å². The molecule has 0 atom stereocenters. The van der Waals surface area contributed by atoms with Gasteiger partial charge in [0.2, 0.25) is 0 Å². The van der Waals surface area contributed by atoms with Gasteiger partial charge in [-0.1, -0.05) is 18.2 Å². The van der Waals surface area contributed by atoms with Crippen molar-refractivity contribution in [1.29, 1.82) is 5.26 Å². The molecule has 0 aliphatic carbocycles. The van der Waals surface area contributed by atoms with E-state index in [-0.39, 0.29) is 5.75 Å². The molecule has 0 spiro atoms. The van der Waals surface area contributed by atoms with Crippen molar-refractivity contribution >= 4 is 5.69 Å². The molecule has 0 saturated heterocycles. The maximum atomic E-state index is 10.0. The maximum Gasteiger partial charge on any atom is 0.162 e. The summed E-state index contributed by atoms with van der Waals surface area (Å²) >= 11 is 0. The zero-order chi connectivity index (χ0) is 14.5. The molecule has 2 N–H and O–H groups in total. The average molecular weight is 268 g/mol. The first-order valence-electron chi connectivity index (χ1n) is 6.25. The van der Waals surface area contributed by atoms with Crippen LogP contribution in [0.25, 0.3) is 0 Å². The van der Waals surface area contributed by atoms with Crippen LogP contribution in [0.2, 0.25) is 0 Å². The zero-order valence-corrected chi connectivity index (χ0v) is 11.5. The van der Waals surface area contributed by atoms with Crippen LogP contribution in [0.3, 0.4) is 0 Å². The molecule has 0 heterocycles. The van der Waals surface area contributed by atoms with Gasteiger partial charge in [-0.25, -0.2) is 0 Å². The lowest BCUT2D eigenvalue weighted by Crippen LogP contribution is -2.02. The number of aryl methyl sites for hydroxylation is 1. The Bertz CT molecular complexity index is 660. The fourth-order valence-corrected chi connectivity index (χ4v) is 1.95. The van der Waals surface area contributed by atoms with E-state index in [1.54, 1.807) is 18.2 Å². The topological polar surface area (TPSA) is 65.3 Å². The first-order valence-corrected chi connectivity index (χ1v) is 6.25. The van der Waals surface area contributed by atoms with Crippen molar-refractivity contribution < 1.29 is 9.84 Å². The largest absolute Gasteiger partial charge is 0.504 e. The number of aromatic hydroxyl groups is 1. The molecular formula is C16H16N2O2. The molecule has 0 radical (unpaired) electrons. The van der Waals surface area contributed by atoms with E-state index < -0.39 is 0 Å². The number of phenols is 1. The summed E-state index contributed by atoms with van der Waals surface area (Å²) in [7, 11) is 1.52. The number of nitrogens with one attached hydrogen (secondary N) is 1. The summed E-state index contributed by atoms with van der Waals surface area (Å²) in [4.78, 5) is 0. The molecule has 4 nitrogen and oxygen atoms in total. The molecule has 0 aliphatic rings. The molecule has 102 valence electrons. The summed E-state index contributed by atoms with van der Waals surface area (Å²) in [6.07, 6.45) is 0. The van der Waals surface area contributed by atoms with Crippen LogP contribution < -0.4 is 10.1 Å². The van der Waals surface area contributed by atoms with Crippen LogP contribution in [-0.2, 0) is 6.54 Å². The van der Waals surface area contributed by atoms with E-state index in [2.05, 4.69) is 11.4 Å². The highest BCUT2D eigenvalue weighted by Gasteiger charge is 2.07. The summed E-state index contributed by atoms with van der Waals surface area (Å²) in [5.41, 5.74) is 3.27. The molecule has 0 fully saturated rings. The summed E-state index contributed by atoms with van der Waals surface area (Å²) in [6.45, 7) is 2.42. The summed E-state index contributed by atoms with van der Waals surface area (Å²) in [5.74, 6) is 0.586. The highest BCUT2D eigenvalue weighted by atomic mass is 16.5. The van der Waals surface area contributed by atoms with Gasteiger partial charge in [0, 0.05) is 17.8 Å². The van der Waals surface area contributed by atoms with E-state index >= 15 is 0 Å². The number of ether oxygens (including phenoxy) is 1. The third-order valence-electron chi connectivity index (χ3n) is 3.14. The number of rotatable bonds is 4. The predicted octanol–water partition coefficient (Wildman–Crippen LogP) is 3.19. The van der Waals surface area contributed by atoms with E-state index in [0.29, 0.717) is 17.9 Å². The second-order valence-corrected chi connectivity index (χ2v) is 4.46. The maximum absolute atomic E-state index is 10.0. The molecule has 2 aromatic carbocycles. The number of benzene rings is 2. The Hall–Kier alpha value is -2.67. The Morgan fingerprint density at radius 3 is 2.80 bits per heavy atom. The lowest BCUT2D eigenvalue weighted by Gasteiger charge is -2.12. The van der Waals surface area contributed by atoms with Crippen molar-refractivity contribution in [3.8, 4) is 17.6 Å². The normalized spacial score (nSPS) is 9.85. The fraction of sp³-hybridized carbons (Fsp3) is 0.188. The van der Waals surface area contributed by atoms with Crippen LogP contribution >= 0.6 is 0 Å². The van der Waals surface area contributed by atoms with Gasteiger partial charge in [0.05, 0.1) is 18.7 Å². The van der Waals surface area contributed by atoms with E-state index in [1.807, 2.05) is 25.1 Å². The van der Waals surface area contributed by atoms with Crippen LogP contribution in [0, 0.1) is 18.3 Å². The van der Waals surface area contributed by atoms with Crippen LogP contribution in [0.4, 0.5) is 5.69 Å². The minimum Gasteiger partial charge on any atom is -0.504 e. The van der Waals surface area contributed by atoms with Crippen LogP contribution in [-0.4, -0.2) is 12.2 Å². The van der Waals surface area contributed by atoms with Gasteiger partial charge in [-0.3, -0.25) is 0 Å². The molecule has 0 amide bonds. The SMILES string of the molecule is COc1cccc(CNc2cc(C#N)ccc2C)c1O. The van der Waals surface area contributed by atoms with Crippen LogP contribution in [0.1, 0.15) is 16.7 Å². The molecular weight excluding hydrogens is 252 g/mol. The van der Waals surface area contributed by atoms with Gasteiger partial charge >= 0.3 is 0 Å². The lowest BCUT2D eigenvalue weighted by molar-refractivity contribution is 0.371. The van der Waals surface area contributed by atoms with Crippen molar-refractivity contribution in [2.45, 2.75) is 13.5 Å². The Kier molecular flexibility index (Phi) is 4.11. The molecule has 2 aromatic rings. The van der Waals surface area contributed by atoms with Crippen molar-refractivity contribution in [3.05, 3.63) is 53.1 Å². The fourth-order valence-electron chi connectivity index (χ4n) is 1.95. The monoisotopic (exact) mass is 268 g/mol. The Morgan fingerprint density at radius 1 is 1.30 bits per heavy atom. The predicted molar refractivity (Wildman–Crippen MR) is 77.9 cm³/mol. The molecule has 2 rings (SSSR count). The number of hydrogen-bond donors (Lipinski definition) is 2. The van der Waals surface area contributed by atoms with E-state index in [1.165, 1.54) is 7.11 Å². The van der Waals surface area contributed by atoms with Crippen molar-refractivity contribution in [2.75, 3.05) is 12.4 Å². The standard InChI is InChI=1S/C16H16N2O2/c1-11-6-7-12(9-17)8-14(11)18-10-13-4-3-5-15(20-2)16(13)19/h3-8,18-19H,10H2,1-2H3. The first kappa shape index (κ1) is 13.8. The number of nitrogens with zero attached hydrogens (tertiary/aromatic N) is 1. The highest BCUT2D eigenvalue weighted by molar-refractivity contribution is 5.56. The van der Waals surface area contributed by atoms with Crippen molar-refractivity contribution in [3.63, 3.8) is 0 Å². The summed E-state index contributed by atoms with van der Waals surface area (Å²) in [6, 6.07) is 13.0. The molecule has 0 bridgehead atoms. The second-order valence-electron chi connectivity index (χ2n) is 4.46. The molecule has 4 heteroatoms. The first-order chi connectivity index (χ1) is 9.65. The van der Waals surface area contributed by atoms with Crippen molar-refractivity contribution in [2.24, 2.45) is 0 Å². The highest BCUT2D eigenvalue weighted by Crippen LogP contribution is 2.30. The Balaban J connectivity index is 2.19. The molecule has 0 saturated carbocycles. The average Bonchev–Trinajstić information content (AvgIpc) is 2.47. The molecule has 0 unspecified atom stereocenters.